The number of carbonyl (C=O) groups is 2. The van der Waals surface area contributed by atoms with E-state index in [-0.39, 0.29) is 5.92 Å². The molecular formula is C14H18BrClN2O3. The third-order valence-electron chi connectivity index (χ3n) is 3.26. The van der Waals surface area contributed by atoms with Crippen LogP contribution in [-0.4, -0.2) is 23.1 Å². The van der Waals surface area contributed by atoms with Crippen molar-refractivity contribution in [3.63, 3.8) is 0 Å². The number of amides is 2. The Labute approximate surface area is 137 Å². The van der Waals surface area contributed by atoms with Crippen molar-refractivity contribution >= 4 is 45.2 Å². The Morgan fingerprint density at radius 3 is 2.57 bits per heavy atom. The van der Waals surface area contributed by atoms with Crippen LogP contribution < -0.4 is 10.6 Å². The van der Waals surface area contributed by atoms with E-state index in [1.165, 1.54) is 0 Å². The highest BCUT2D eigenvalue weighted by Crippen LogP contribution is 2.29. The standard InChI is InChI=1S/C14H18BrClN2O3/c1-4-7(2)12(13(19)20)18-14(21)17-11-6-10(16)8(3)5-9(11)15/h5-7,12H,4H2,1-3H3,(H,19,20)(H2,17,18,21)/t7-,12-/m0/s1. The molecule has 0 heterocycles. The van der Waals surface area contributed by atoms with Crippen LogP contribution in [0, 0.1) is 12.8 Å². The van der Waals surface area contributed by atoms with Crippen LogP contribution in [-0.2, 0) is 4.79 Å². The molecule has 21 heavy (non-hydrogen) atoms. The summed E-state index contributed by atoms with van der Waals surface area (Å²) in [6.45, 7) is 5.49. The van der Waals surface area contributed by atoms with Crippen LogP contribution >= 0.6 is 27.5 Å². The lowest BCUT2D eigenvalue weighted by molar-refractivity contribution is -0.140. The summed E-state index contributed by atoms with van der Waals surface area (Å²) in [5, 5.41) is 14.7. The van der Waals surface area contributed by atoms with Gasteiger partial charge in [-0.15, -0.1) is 0 Å². The van der Waals surface area contributed by atoms with Crippen molar-refractivity contribution in [2.75, 3.05) is 5.32 Å². The number of carboxylic acid groups (broad SMARTS) is 1. The van der Waals surface area contributed by atoms with Crippen LogP contribution in [0.15, 0.2) is 16.6 Å². The Balaban J connectivity index is 2.81. The summed E-state index contributed by atoms with van der Waals surface area (Å²) in [6, 6.07) is 1.87. The van der Waals surface area contributed by atoms with E-state index in [9.17, 15) is 9.59 Å². The molecule has 7 heteroatoms. The molecule has 0 aliphatic rings. The molecule has 0 radical (unpaired) electrons. The maximum Gasteiger partial charge on any atom is 0.326 e. The second-order valence-corrected chi connectivity index (χ2v) is 6.14. The van der Waals surface area contributed by atoms with Gasteiger partial charge in [0.2, 0.25) is 0 Å². The lowest BCUT2D eigenvalue weighted by atomic mass is 9.99. The fraction of sp³-hybridized carbons (Fsp3) is 0.429. The van der Waals surface area contributed by atoms with Crippen LogP contribution in [0.5, 0.6) is 0 Å². The summed E-state index contributed by atoms with van der Waals surface area (Å²) in [4.78, 5) is 23.1. The third kappa shape index (κ3) is 4.89. The minimum Gasteiger partial charge on any atom is -0.480 e. The van der Waals surface area contributed by atoms with E-state index in [1.54, 1.807) is 19.1 Å². The number of carboxylic acids is 1. The Hall–Kier alpha value is -1.27. The maximum atomic E-state index is 11.9. The van der Waals surface area contributed by atoms with Gasteiger partial charge < -0.3 is 15.7 Å². The van der Waals surface area contributed by atoms with E-state index < -0.39 is 18.0 Å². The van der Waals surface area contributed by atoms with E-state index in [4.69, 9.17) is 16.7 Å². The van der Waals surface area contributed by atoms with Gasteiger partial charge in [0.25, 0.3) is 0 Å². The molecule has 0 saturated heterocycles. The number of benzene rings is 1. The summed E-state index contributed by atoms with van der Waals surface area (Å²) in [6.07, 6.45) is 0.650. The summed E-state index contributed by atoms with van der Waals surface area (Å²) < 4.78 is 0.676. The Bertz CT molecular complexity index is 551. The first-order valence-corrected chi connectivity index (χ1v) is 7.69. The number of carbonyl (C=O) groups excluding carboxylic acids is 1. The molecule has 5 nitrogen and oxygen atoms in total. The average Bonchev–Trinajstić information content (AvgIpc) is 2.41. The van der Waals surface area contributed by atoms with Gasteiger partial charge in [0.05, 0.1) is 5.69 Å². The van der Waals surface area contributed by atoms with E-state index >= 15 is 0 Å². The quantitative estimate of drug-likeness (QED) is 0.725. The molecule has 116 valence electrons. The van der Waals surface area contributed by atoms with Gasteiger partial charge in [0, 0.05) is 9.50 Å². The zero-order valence-corrected chi connectivity index (χ0v) is 14.4. The number of hydrogen-bond donors (Lipinski definition) is 3. The first-order valence-electron chi connectivity index (χ1n) is 6.52. The van der Waals surface area contributed by atoms with E-state index in [0.29, 0.717) is 21.6 Å². The molecule has 2 atom stereocenters. The van der Waals surface area contributed by atoms with Crippen molar-refractivity contribution in [2.45, 2.75) is 33.2 Å². The van der Waals surface area contributed by atoms with Crippen LogP contribution in [0.4, 0.5) is 10.5 Å². The molecule has 1 rings (SSSR count). The molecule has 2 amide bonds. The predicted molar refractivity (Wildman–Crippen MR) is 86.9 cm³/mol. The number of anilines is 1. The molecular weight excluding hydrogens is 360 g/mol. The highest BCUT2D eigenvalue weighted by molar-refractivity contribution is 9.10. The molecule has 1 aromatic carbocycles. The summed E-state index contributed by atoms with van der Waals surface area (Å²) >= 11 is 9.34. The zero-order valence-electron chi connectivity index (χ0n) is 12.0. The van der Waals surface area contributed by atoms with E-state index in [0.717, 1.165) is 5.56 Å². The summed E-state index contributed by atoms with van der Waals surface area (Å²) in [5.41, 5.74) is 1.36. The second kappa shape index (κ2) is 7.66. The zero-order chi connectivity index (χ0) is 16.2. The maximum absolute atomic E-state index is 11.9. The van der Waals surface area contributed by atoms with Gasteiger partial charge in [-0.25, -0.2) is 9.59 Å². The van der Waals surface area contributed by atoms with Crippen LogP contribution in [0.25, 0.3) is 0 Å². The summed E-state index contributed by atoms with van der Waals surface area (Å²) in [5.74, 6) is -1.22. The SMILES string of the molecule is CC[C@H](C)[C@H](NC(=O)Nc1cc(Cl)c(C)cc1Br)C(=O)O. The van der Waals surface area contributed by atoms with E-state index in [2.05, 4.69) is 26.6 Å². The number of aliphatic carboxylic acids is 1. The number of nitrogens with one attached hydrogen (secondary N) is 2. The normalized spacial score (nSPS) is 13.4. The highest BCUT2D eigenvalue weighted by atomic mass is 79.9. The van der Waals surface area contributed by atoms with Gasteiger partial charge in [-0.3, -0.25) is 0 Å². The molecule has 1 aromatic rings. The Morgan fingerprint density at radius 1 is 1.43 bits per heavy atom. The van der Waals surface area contributed by atoms with Gasteiger partial charge in [0.1, 0.15) is 6.04 Å². The first-order chi connectivity index (χ1) is 9.76. The highest BCUT2D eigenvalue weighted by Gasteiger charge is 2.25. The second-order valence-electron chi connectivity index (χ2n) is 4.88. The van der Waals surface area contributed by atoms with Crippen molar-refractivity contribution in [2.24, 2.45) is 5.92 Å². The average molecular weight is 378 g/mol. The van der Waals surface area contributed by atoms with Gasteiger partial charge in [-0.1, -0.05) is 31.9 Å². The molecule has 0 aliphatic carbocycles. The van der Waals surface area contributed by atoms with Crippen LogP contribution in [0.1, 0.15) is 25.8 Å². The van der Waals surface area contributed by atoms with Crippen LogP contribution in [0.2, 0.25) is 5.02 Å². The van der Waals surface area contributed by atoms with Crippen molar-refractivity contribution in [3.8, 4) is 0 Å². The minimum atomic E-state index is -1.06. The molecule has 0 fully saturated rings. The summed E-state index contributed by atoms with van der Waals surface area (Å²) in [7, 11) is 0. The number of hydrogen-bond acceptors (Lipinski definition) is 2. The molecule has 0 unspecified atom stereocenters. The Kier molecular flexibility index (Phi) is 6.48. The predicted octanol–water partition coefficient (Wildman–Crippen LogP) is 4.03. The number of halogens is 2. The van der Waals surface area contributed by atoms with Gasteiger partial charge in [-0.05, 0) is 46.5 Å². The Morgan fingerprint density at radius 2 is 2.05 bits per heavy atom. The topological polar surface area (TPSA) is 78.4 Å². The molecule has 3 N–H and O–H groups in total. The molecule has 0 aromatic heterocycles. The fourth-order valence-corrected chi connectivity index (χ4v) is 2.45. The number of rotatable bonds is 5. The largest absolute Gasteiger partial charge is 0.480 e. The van der Waals surface area contributed by atoms with Gasteiger partial charge in [0.15, 0.2) is 0 Å². The number of aryl methyl sites for hydroxylation is 1. The molecule has 0 saturated carbocycles. The van der Waals surface area contributed by atoms with Crippen molar-refractivity contribution in [1.82, 2.24) is 5.32 Å². The van der Waals surface area contributed by atoms with Crippen LogP contribution in [0.3, 0.4) is 0 Å². The molecule has 0 spiro atoms. The van der Waals surface area contributed by atoms with Crippen molar-refractivity contribution < 1.29 is 14.7 Å². The molecule has 0 aliphatic heterocycles. The lowest BCUT2D eigenvalue weighted by Crippen LogP contribution is -2.46. The number of urea groups is 1. The van der Waals surface area contributed by atoms with Gasteiger partial charge >= 0.3 is 12.0 Å². The smallest absolute Gasteiger partial charge is 0.326 e. The monoisotopic (exact) mass is 376 g/mol. The van der Waals surface area contributed by atoms with Crippen molar-refractivity contribution in [3.05, 3.63) is 27.2 Å². The minimum absolute atomic E-state index is 0.168. The van der Waals surface area contributed by atoms with Crippen molar-refractivity contribution in [1.29, 1.82) is 0 Å². The lowest BCUT2D eigenvalue weighted by Gasteiger charge is -2.20. The fourth-order valence-electron chi connectivity index (χ4n) is 1.72. The molecule has 0 bridgehead atoms. The van der Waals surface area contributed by atoms with E-state index in [1.807, 2.05) is 13.8 Å². The third-order valence-corrected chi connectivity index (χ3v) is 4.33. The first kappa shape index (κ1) is 17.8. The van der Waals surface area contributed by atoms with Gasteiger partial charge in [-0.2, -0.15) is 0 Å².